The van der Waals surface area contributed by atoms with Gasteiger partial charge >= 0.3 is 5.97 Å². The Hall–Kier alpha value is -2.78. The van der Waals surface area contributed by atoms with E-state index in [0.717, 1.165) is 22.2 Å². The number of hydrogen-bond acceptors (Lipinski definition) is 6. The van der Waals surface area contributed by atoms with Crippen LogP contribution in [0.4, 0.5) is 0 Å². The molecule has 0 fully saturated rings. The predicted octanol–water partition coefficient (Wildman–Crippen LogP) is 2.87. The molecule has 9 heteroatoms. The third-order valence-corrected chi connectivity index (χ3v) is 7.39. The minimum atomic E-state index is -3.45. The van der Waals surface area contributed by atoms with E-state index in [0.29, 0.717) is 10.4 Å². The smallest absolute Gasteiger partial charge is 0.325 e. The summed E-state index contributed by atoms with van der Waals surface area (Å²) >= 11 is 1.29. The molecular weight excluding hydrogens is 436 g/mol. The van der Waals surface area contributed by atoms with E-state index in [-0.39, 0.29) is 24.5 Å². The van der Waals surface area contributed by atoms with Crippen LogP contribution in [-0.4, -0.2) is 37.7 Å². The van der Waals surface area contributed by atoms with Crippen molar-refractivity contribution in [2.24, 2.45) is 4.99 Å². The van der Waals surface area contributed by atoms with Crippen LogP contribution in [-0.2, 0) is 42.9 Å². The number of amides is 1. The molecule has 2 aromatic carbocycles. The Bertz CT molecular complexity index is 1260. The summed E-state index contributed by atoms with van der Waals surface area (Å²) in [4.78, 5) is 28.8. The number of esters is 1. The topological polar surface area (TPSA) is 94.8 Å². The van der Waals surface area contributed by atoms with Gasteiger partial charge in [0, 0.05) is 6.42 Å². The van der Waals surface area contributed by atoms with Gasteiger partial charge in [-0.15, -0.1) is 0 Å². The fraction of sp³-hybridized carbons (Fsp3) is 0.318. The van der Waals surface area contributed by atoms with E-state index in [4.69, 9.17) is 4.74 Å². The van der Waals surface area contributed by atoms with E-state index in [1.54, 1.807) is 28.8 Å². The van der Waals surface area contributed by atoms with Gasteiger partial charge in [-0.25, -0.2) is 8.42 Å². The molecule has 0 saturated heterocycles. The number of ether oxygens (including phenoxy) is 1. The lowest BCUT2D eigenvalue weighted by molar-refractivity contribution is -0.141. The first-order chi connectivity index (χ1) is 14.8. The minimum Gasteiger partial charge on any atom is -0.468 e. The lowest BCUT2D eigenvalue weighted by Crippen LogP contribution is -2.23. The number of sulfone groups is 1. The summed E-state index contributed by atoms with van der Waals surface area (Å²) in [6, 6.07) is 14.7. The molecule has 0 atom stereocenters. The molecule has 0 aliphatic heterocycles. The van der Waals surface area contributed by atoms with Gasteiger partial charge in [-0.1, -0.05) is 54.7 Å². The Morgan fingerprint density at radius 1 is 1.10 bits per heavy atom. The molecule has 31 heavy (non-hydrogen) atoms. The van der Waals surface area contributed by atoms with Gasteiger partial charge in [0.2, 0.25) is 5.91 Å². The fourth-order valence-corrected chi connectivity index (χ4v) is 5.52. The quantitative estimate of drug-likeness (QED) is 0.482. The average Bonchev–Trinajstić information content (AvgIpc) is 3.08. The summed E-state index contributed by atoms with van der Waals surface area (Å²) < 4.78 is 32.0. The zero-order valence-electron chi connectivity index (χ0n) is 17.4. The first kappa shape index (κ1) is 22.9. The van der Waals surface area contributed by atoms with Crippen molar-refractivity contribution < 1.29 is 22.7 Å². The number of hydrogen-bond donors (Lipinski definition) is 0. The average molecular weight is 461 g/mol. The Balaban J connectivity index is 1.83. The predicted molar refractivity (Wildman–Crippen MR) is 120 cm³/mol. The van der Waals surface area contributed by atoms with Gasteiger partial charge in [0.25, 0.3) is 0 Å². The van der Waals surface area contributed by atoms with Crippen LogP contribution < -0.4 is 4.80 Å². The van der Waals surface area contributed by atoms with Crippen molar-refractivity contribution in [3.05, 3.63) is 64.5 Å². The van der Waals surface area contributed by atoms with Gasteiger partial charge in [0.05, 0.1) is 28.8 Å². The number of carbonyl (C=O) groups excluding carboxylic acids is 2. The highest BCUT2D eigenvalue weighted by molar-refractivity contribution is 7.90. The molecule has 0 bridgehead atoms. The molecule has 0 radical (unpaired) electrons. The number of rotatable bonds is 8. The second-order valence-corrected chi connectivity index (χ2v) is 10.2. The van der Waals surface area contributed by atoms with Crippen LogP contribution >= 0.6 is 11.3 Å². The molecule has 1 aromatic heterocycles. The standard InChI is InChI=1S/C22H24N2O5S2/c1-3-16-9-10-18-19(13-16)30-22(24(18)14-21(26)29-2)23-20(25)11-12-31(27,28)15-17-7-5-4-6-8-17/h4-10,13H,3,11-12,14-15H2,1-2H3. The lowest BCUT2D eigenvalue weighted by atomic mass is 10.2. The first-order valence-electron chi connectivity index (χ1n) is 9.82. The van der Waals surface area contributed by atoms with E-state index in [2.05, 4.69) is 4.99 Å². The Kier molecular flexibility index (Phi) is 7.40. The fourth-order valence-electron chi connectivity index (χ4n) is 3.08. The second kappa shape index (κ2) is 10.0. The summed E-state index contributed by atoms with van der Waals surface area (Å²) in [6.07, 6.45) is 0.636. The van der Waals surface area contributed by atoms with Crippen LogP contribution in [0.25, 0.3) is 10.2 Å². The number of nitrogens with zero attached hydrogens (tertiary/aromatic N) is 2. The van der Waals surface area contributed by atoms with Crippen molar-refractivity contribution in [2.45, 2.75) is 32.1 Å². The molecule has 7 nitrogen and oxygen atoms in total. The summed E-state index contributed by atoms with van der Waals surface area (Å²) in [5, 5.41) is 0. The molecule has 3 rings (SSSR count). The maximum atomic E-state index is 12.5. The number of thiazole rings is 1. The van der Waals surface area contributed by atoms with Crippen molar-refractivity contribution in [1.29, 1.82) is 0 Å². The third kappa shape index (κ3) is 6.11. The zero-order valence-corrected chi connectivity index (χ0v) is 19.0. The van der Waals surface area contributed by atoms with Crippen LogP contribution in [0.2, 0.25) is 0 Å². The van der Waals surface area contributed by atoms with Crippen LogP contribution in [0, 0.1) is 0 Å². The van der Waals surface area contributed by atoms with Gasteiger partial charge in [-0.2, -0.15) is 4.99 Å². The normalized spacial score (nSPS) is 12.3. The van der Waals surface area contributed by atoms with Crippen LogP contribution in [0.1, 0.15) is 24.5 Å². The maximum absolute atomic E-state index is 12.5. The van der Waals surface area contributed by atoms with Crippen LogP contribution in [0.5, 0.6) is 0 Å². The van der Waals surface area contributed by atoms with Crippen molar-refractivity contribution in [3.63, 3.8) is 0 Å². The number of aryl methyl sites for hydroxylation is 1. The van der Waals surface area contributed by atoms with E-state index in [1.807, 2.05) is 31.2 Å². The molecule has 1 amide bonds. The summed E-state index contributed by atoms with van der Waals surface area (Å²) in [5.74, 6) is -1.41. The molecule has 0 N–H and O–H groups in total. The van der Waals surface area contributed by atoms with E-state index in [1.165, 1.54) is 18.4 Å². The molecule has 0 aliphatic carbocycles. The van der Waals surface area contributed by atoms with Gasteiger partial charge in [-0.05, 0) is 29.7 Å². The second-order valence-electron chi connectivity index (χ2n) is 7.04. The lowest BCUT2D eigenvalue weighted by Gasteiger charge is -2.04. The zero-order chi connectivity index (χ0) is 22.4. The largest absolute Gasteiger partial charge is 0.468 e. The maximum Gasteiger partial charge on any atom is 0.325 e. The highest BCUT2D eigenvalue weighted by Crippen LogP contribution is 2.20. The van der Waals surface area contributed by atoms with Crippen molar-refractivity contribution in [2.75, 3.05) is 12.9 Å². The van der Waals surface area contributed by atoms with E-state index < -0.39 is 21.7 Å². The number of carbonyl (C=O) groups is 2. The molecule has 0 saturated carbocycles. The van der Waals surface area contributed by atoms with Crippen molar-refractivity contribution in [3.8, 4) is 0 Å². The van der Waals surface area contributed by atoms with Crippen molar-refractivity contribution >= 4 is 43.3 Å². The van der Waals surface area contributed by atoms with Gasteiger partial charge in [0.1, 0.15) is 6.54 Å². The molecule has 3 aromatic rings. The Morgan fingerprint density at radius 2 is 1.84 bits per heavy atom. The van der Waals surface area contributed by atoms with Gasteiger partial charge in [-0.3, -0.25) is 9.59 Å². The highest BCUT2D eigenvalue weighted by atomic mass is 32.2. The monoisotopic (exact) mass is 460 g/mol. The Labute approximate surface area is 184 Å². The van der Waals surface area contributed by atoms with Gasteiger partial charge in [0.15, 0.2) is 14.6 Å². The molecular formula is C22H24N2O5S2. The molecule has 0 unspecified atom stereocenters. The van der Waals surface area contributed by atoms with E-state index >= 15 is 0 Å². The minimum absolute atomic E-state index is 0.0829. The highest BCUT2D eigenvalue weighted by Gasteiger charge is 2.16. The summed E-state index contributed by atoms with van der Waals surface area (Å²) in [7, 11) is -2.15. The summed E-state index contributed by atoms with van der Waals surface area (Å²) in [6.45, 7) is 1.96. The third-order valence-electron chi connectivity index (χ3n) is 4.75. The molecule has 0 aliphatic rings. The summed E-state index contributed by atoms with van der Waals surface area (Å²) in [5.41, 5.74) is 2.58. The molecule has 0 spiro atoms. The van der Waals surface area contributed by atoms with E-state index in [9.17, 15) is 18.0 Å². The SMILES string of the molecule is CCc1ccc2c(c1)sc(=NC(=O)CCS(=O)(=O)Cc1ccccc1)n2CC(=O)OC. The molecule has 1 heterocycles. The Morgan fingerprint density at radius 3 is 2.52 bits per heavy atom. The number of fused-ring (bicyclic) bond motifs is 1. The number of benzene rings is 2. The molecule has 164 valence electrons. The first-order valence-corrected chi connectivity index (χ1v) is 12.5. The van der Waals surface area contributed by atoms with Crippen LogP contribution in [0.3, 0.4) is 0 Å². The number of methoxy groups -OCH3 is 1. The number of aromatic nitrogens is 1. The van der Waals surface area contributed by atoms with Crippen molar-refractivity contribution in [1.82, 2.24) is 4.57 Å². The van der Waals surface area contributed by atoms with Crippen LogP contribution in [0.15, 0.2) is 53.5 Å². The van der Waals surface area contributed by atoms with Gasteiger partial charge < -0.3 is 9.30 Å².